The van der Waals surface area contributed by atoms with Gasteiger partial charge in [0.15, 0.2) is 6.61 Å². The molecule has 2 amide bonds. The number of rotatable bonds is 5. The summed E-state index contributed by atoms with van der Waals surface area (Å²) in [6.45, 7) is 2.34. The number of ether oxygens (including phenoxy) is 2. The van der Waals surface area contributed by atoms with Crippen LogP contribution in [0.5, 0.6) is 5.75 Å². The summed E-state index contributed by atoms with van der Waals surface area (Å²) in [6, 6.07) is 7.29. The minimum Gasteiger partial charge on any atom is -0.497 e. The Labute approximate surface area is 148 Å². The first kappa shape index (κ1) is 18.9. The van der Waals surface area contributed by atoms with E-state index in [9.17, 15) is 19.2 Å². The van der Waals surface area contributed by atoms with Crippen molar-refractivity contribution in [2.24, 2.45) is 0 Å². The number of carbonyl (C=O) groups excluding carboxylic acids is 3. The van der Waals surface area contributed by atoms with E-state index in [2.05, 4.69) is 5.32 Å². The van der Waals surface area contributed by atoms with Crippen LogP contribution < -0.4 is 15.7 Å². The molecule has 0 radical (unpaired) electrons. The van der Waals surface area contributed by atoms with Crippen LogP contribution >= 0.6 is 0 Å². The number of amides is 2. The van der Waals surface area contributed by atoms with Crippen LogP contribution in [0.15, 0.2) is 39.5 Å². The lowest BCUT2D eigenvalue weighted by Gasteiger charge is -2.09. The Morgan fingerprint density at radius 1 is 1.12 bits per heavy atom. The second-order valence-electron chi connectivity index (χ2n) is 5.36. The SMILES string of the molecule is COc1ccc(C(=O)NC(=O)COC(=O)c2c(C)cc(=O)oc2C)cc1. The predicted octanol–water partition coefficient (Wildman–Crippen LogP) is 1.38. The van der Waals surface area contributed by atoms with Crippen molar-refractivity contribution in [3.05, 3.63) is 63.2 Å². The van der Waals surface area contributed by atoms with E-state index in [4.69, 9.17) is 13.9 Å². The Kier molecular flexibility index (Phi) is 5.90. The number of benzene rings is 1. The van der Waals surface area contributed by atoms with Crippen molar-refractivity contribution in [2.75, 3.05) is 13.7 Å². The molecule has 0 aliphatic rings. The van der Waals surface area contributed by atoms with Crippen LogP contribution in [0.2, 0.25) is 0 Å². The fourth-order valence-corrected chi connectivity index (χ4v) is 2.24. The third-order valence-electron chi connectivity index (χ3n) is 3.48. The van der Waals surface area contributed by atoms with Crippen LogP contribution in [0.4, 0.5) is 0 Å². The average molecular weight is 359 g/mol. The minimum absolute atomic E-state index is 0.0684. The van der Waals surface area contributed by atoms with Gasteiger partial charge in [-0.2, -0.15) is 0 Å². The smallest absolute Gasteiger partial charge is 0.342 e. The van der Waals surface area contributed by atoms with Gasteiger partial charge in [-0.15, -0.1) is 0 Å². The second-order valence-corrected chi connectivity index (χ2v) is 5.36. The zero-order valence-corrected chi connectivity index (χ0v) is 14.5. The van der Waals surface area contributed by atoms with E-state index in [-0.39, 0.29) is 16.9 Å². The molecule has 0 unspecified atom stereocenters. The van der Waals surface area contributed by atoms with Crippen molar-refractivity contribution in [2.45, 2.75) is 13.8 Å². The van der Waals surface area contributed by atoms with Gasteiger partial charge in [0.25, 0.3) is 11.8 Å². The topological polar surface area (TPSA) is 112 Å². The lowest BCUT2D eigenvalue weighted by Crippen LogP contribution is -2.34. The number of carbonyl (C=O) groups is 3. The molecule has 1 aromatic carbocycles. The van der Waals surface area contributed by atoms with Gasteiger partial charge in [0, 0.05) is 11.6 Å². The molecule has 0 atom stereocenters. The molecule has 26 heavy (non-hydrogen) atoms. The zero-order valence-electron chi connectivity index (χ0n) is 14.5. The number of aryl methyl sites for hydroxylation is 2. The van der Waals surface area contributed by atoms with Crippen LogP contribution in [-0.2, 0) is 9.53 Å². The first-order valence-electron chi connectivity index (χ1n) is 7.58. The summed E-state index contributed by atoms with van der Waals surface area (Å²) in [5.74, 6) is -1.58. The summed E-state index contributed by atoms with van der Waals surface area (Å²) < 4.78 is 14.7. The van der Waals surface area contributed by atoms with Gasteiger partial charge in [-0.3, -0.25) is 14.9 Å². The maximum Gasteiger partial charge on any atom is 0.342 e. The van der Waals surface area contributed by atoms with Crippen LogP contribution in [0.1, 0.15) is 32.0 Å². The summed E-state index contributed by atoms with van der Waals surface area (Å²) in [4.78, 5) is 47.0. The van der Waals surface area contributed by atoms with Crippen molar-refractivity contribution < 1.29 is 28.3 Å². The third-order valence-corrected chi connectivity index (χ3v) is 3.48. The molecule has 8 heteroatoms. The Morgan fingerprint density at radius 3 is 2.35 bits per heavy atom. The molecule has 8 nitrogen and oxygen atoms in total. The fourth-order valence-electron chi connectivity index (χ4n) is 2.24. The van der Waals surface area contributed by atoms with E-state index in [0.29, 0.717) is 11.3 Å². The molecule has 1 N–H and O–H groups in total. The van der Waals surface area contributed by atoms with Crippen LogP contribution in [-0.4, -0.2) is 31.5 Å². The minimum atomic E-state index is -0.823. The molecule has 1 heterocycles. The Bertz CT molecular complexity index is 870. The lowest BCUT2D eigenvalue weighted by atomic mass is 10.1. The predicted molar refractivity (Wildman–Crippen MR) is 90.2 cm³/mol. The number of hydrogen-bond donors (Lipinski definition) is 1. The molecular formula is C18H17NO7. The highest BCUT2D eigenvalue weighted by molar-refractivity contribution is 6.05. The van der Waals surface area contributed by atoms with Gasteiger partial charge >= 0.3 is 11.6 Å². The molecule has 0 bridgehead atoms. The largest absolute Gasteiger partial charge is 0.497 e. The van der Waals surface area contributed by atoms with E-state index < -0.39 is 30.0 Å². The maximum atomic E-state index is 12.1. The molecule has 0 aliphatic heterocycles. The van der Waals surface area contributed by atoms with Crippen molar-refractivity contribution in [3.63, 3.8) is 0 Å². The molecule has 0 fully saturated rings. The highest BCUT2D eigenvalue weighted by Gasteiger charge is 2.19. The monoisotopic (exact) mass is 359 g/mol. The van der Waals surface area contributed by atoms with Crippen LogP contribution in [0.25, 0.3) is 0 Å². The summed E-state index contributed by atoms with van der Waals surface area (Å²) in [7, 11) is 1.49. The normalized spacial score (nSPS) is 10.1. The molecule has 2 aromatic rings. The number of methoxy groups -OCH3 is 1. The van der Waals surface area contributed by atoms with Gasteiger partial charge in [0.05, 0.1) is 7.11 Å². The lowest BCUT2D eigenvalue weighted by molar-refractivity contribution is -0.123. The van der Waals surface area contributed by atoms with Gasteiger partial charge in [-0.25, -0.2) is 9.59 Å². The Morgan fingerprint density at radius 2 is 1.77 bits per heavy atom. The molecular weight excluding hydrogens is 342 g/mol. The van der Waals surface area contributed by atoms with Crippen molar-refractivity contribution in [1.29, 1.82) is 0 Å². The summed E-state index contributed by atoms with van der Waals surface area (Å²) in [6.07, 6.45) is 0. The average Bonchev–Trinajstić information content (AvgIpc) is 2.59. The maximum absolute atomic E-state index is 12.1. The molecule has 136 valence electrons. The van der Waals surface area contributed by atoms with Gasteiger partial charge in [0.2, 0.25) is 0 Å². The van der Waals surface area contributed by atoms with E-state index in [1.165, 1.54) is 26.2 Å². The molecule has 2 rings (SSSR count). The van der Waals surface area contributed by atoms with Crippen molar-refractivity contribution in [3.8, 4) is 5.75 Å². The summed E-state index contributed by atoms with van der Waals surface area (Å²) in [5, 5.41) is 2.11. The molecule has 0 spiro atoms. The first-order chi connectivity index (χ1) is 12.3. The van der Waals surface area contributed by atoms with Gasteiger partial charge in [0.1, 0.15) is 17.1 Å². The number of nitrogens with one attached hydrogen (secondary N) is 1. The second kappa shape index (κ2) is 8.11. The van der Waals surface area contributed by atoms with E-state index in [1.807, 2.05) is 0 Å². The number of hydrogen-bond acceptors (Lipinski definition) is 7. The molecule has 1 aromatic heterocycles. The molecule has 0 aliphatic carbocycles. The third kappa shape index (κ3) is 4.56. The zero-order chi connectivity index (χ0) is 19.3. The Balaban J connectivity index is 1.95. The standard InChI is InChI=1S/C18H17NO7/c1-10-8-15(21)26-11(2)16(10)18(23)25-9-14(20)19-17(22)12-4-6-13(24-3)7-5-12/h4-8H,9H2,1-3H3,(H,19,20,22). The van der Waals surface area contributed by atoms with Crippen molar-refractivity contribution in [1.82, 2.24) is 5.32 Å². The Hall–Kier alpha value is -3.42. The van der Waals surface area contributed by atoms with Gasteiger partial charge in [-0.1, -0.05) is 0 Å². The fraction of sp³-hybridized carbons (Fsp3) is 0.222. The van der Waals surface area contributed by atoms with Gasteiger partial charge in [-0.05, 0) is 43.7 Å². The highest BCUT2D eigenvalue weighted by Crippen LogP contribution is 2.13. The van der Waals surface area contributed by atoms with Crippen molar-refractivity contribution >= 4 is 17.8 Å². The number of esters is 1. The molecule has 0 saturated carbocycles. The quantitative estimate of drug-likeness (QED) is 0.803. The van der Waals surface area contributed by atoms with Gasteiger partial charge < -0.3 is 13.9 Å². The summed E-state index contributed by atoms with van der Waals surface area (Å²) >= 11 is 0. The van der Waals surface area contributed by atoms with E-state index in [1.54, 1.807) is 19.1 Å². The molecule has 0 saturated heterocycles. The van der Waals surface area contributed by atoms with Crippen LogP contribution in [0, 0.1) is 13.8 Å². The number of imide groups is 1. The van der Waals surface area contributed by atoms with E-state index in [0.717, 1.165) is 6.07 Å². The summed E-state index contributed by atoms with van der Waals surface area (Å²) in [5.41, 5.74) is 0.110. The van der Waals surface area contributed by atoms with E-state index >= 15 is 0 Å². The highest BCUT2D eigenvalue weighted by atomic mass is 16.5. The van der Waals surface area contributed by atoms with Crippen LogP contribution in [0.3, 0.4) is 0 Å². The first-order valence-corrected chi connectivity index (χ1v) is 7.58.